The van der Waals surface area contributed by atoms with Gasteiger partial charge in [-0.05, 0) is 30.3 Å². The topological polar surface area (TPSA) is 59.5 Å². The van der Waals surface area contributed by atoms with Crippen molar-refractivity contribution in [3.05, 3.63) is 53.7 Å². The molecular formula is C13H13FN2O2. The first-order chi connectivity index (χ1) is 8.58. The fourth-order valence-electron chi connectivity index (χ4n) is 1.64. The molecule has 1 aromatic heterocycles. The van der Waals surface area contributed by atoms with Gasteiger partial charge in [-0.2, -0.15) is 0 Å². The second-order valence-electron chi connectivity index (χ2n) is 3.97. The van der Waals surface area contributed by atoms with Gasteiger partial charge in [0.05, 0.1) is 18.4 Å². The van der Waals surface area contributed by atoms with Crippen LogP contribution in [-0.4, -0.2) is 17.9 Å². The van der Waals surface area contributed by atoms with Crippen molar-refractivity contribution < 1.29 is 13.6 Å². The summed E-state index contributed by atoms with van der Waals surface area (Å²) in [5, 5.41) is 0. The van der Waals surface area contributed by atoms with Crippen molar-refractivity contribution >= 4 is 11.6 Å². The summed E-state index contributed by atoms with van der Waals surface area (Å²) in [6, 6.07) is 7.25. The summed E-state index contributed by atoms with van der Waals surface area (Å²) in [6.07, 6.45) is 1.54. The molecule has 0 aliphatic carbocycles. The van der Waals surface area contributed by atoms with Crippen molar-refractivity contribution in [2.75, 3.05) is 12.8 Å². The highest BCUT2D eigenvalue weighted by Gasteiger charge is 2.16. The Balaban J connectivity index is 2.15. The number of nitrogen functional groups attached to an aromatic ring is 1. The Morgan fingerprint density at radius 2 is 2.22 bits per heavy atom. The minimum absolute atomic E-state index is 0.131. The minimum Gasteiger partial charge on any atom is -0.467 e. The lowest BCUT2D eigenvalue weighted by Crippen LogP contribution is -2.26. The highest BCUT2D eigenvalue weighted by atomic mass is 19.1. The second kappa shape index (κ2) is 4.91. The van der Waals surface area contributed by atoms with E-state index in [0.717, 1.165) is 6.07 Å². The zero-order valence-electron chi connectivity index (χ0n) is 9.89. The van der Waals surface area contributed by atoms with E-state index >= 15 is 0 Å². The van der Waals surface area contributed by atoms with E-state index in [1.807, 2.05) is 0 Å². The number of benzene rings is 1. The zero-order valence-corrected chi connectivity index (χ0v) is 9.89. The molecule has 1 amide bonds. The van der Waals surface area contributed by atoms with Gasteiger partial charge in [0.2, 0.25) is 0 Å². The van der Waals surface area contributed by atoms with Crippen LogP contribution in [0.5, 0.6) is 0 Å². The minimum atomic E-state index is -0.460. The van der Waals surface area contributed by atoms with Gasteiger partial charge in [-0.15, -0.1) is 0 Å². The average Bonchev–Trinajstić information content (AvgIpc) is 2.81. The molecule has 0 aliphatic heterocycles. The first-order valence-corrected chi connectivity index (χ1v) is 5.41. The van der Waals surface area contributed by atoms with Gasteiger partial charge < -0.3 is 15.1 Å². The van der Waals surface area contributed by atoms with Crippen LogP contribution in [0.4, 0.5) is 10.1 Å². The normalized spacial score (nSPS) is 10.3. The predicted molar refractivity (Wildman–Crippen MR) is 65.3 cm³/mol. The molecule has 2 aromatic rings. The van der Waals surface area contributed by atoms with Gasteiger partial charge in [-0.1, -0.05) is 0 Å². The lowest BCUT2D eigenvalue weighted by atomic mass is 10.1. The van der Waals surface area contributed by atoms with E-state index in [1.54, 1.807) is 25.4 Å². The summed E-state index contributed by atoms with van der Waals surface area (Å²) in [4.78, 5) is 13.5. The number of hydrogen-bond donors (Lipinski definition) is 1. The average molecular weight is 248 g/mol. The lowest BCUT2D eigenvalue weighted by molar-refractivity contribution is 0.0776. The van der Waals surface area contributed by atoms with E-state index in [4.69, 9.17) is 10.2 Å². The van der Waals surface area contributed by atoms with E-state index in [2.05, 4.69) is 0 Å². The van der Waals surface area contributed by atoms with Crippen LogP contribution in [0.1, 0.15) is 16.1 Å². The molecule has 0 saturated heterocycles. The van der Waals surface area contributed by atoms with Crippen molar-refractivity contribution in [2.24, 2.45) is 0 Å². The standard InChI is InChI=1S/C13H13FN2O2/c1-16(8-10-3-2-6-18-10)13(17)11-5-4-9(14)7-12(11)15/h2-7H,8,15H2,1H3. The van der Waals surface area contributed by atoms with Gasteiger partial charge in [0.25, 0.3) is 5.91 Å². The number of nitrogens with two attached hydrogens (primary N) is 1. The first-order valence-electron chi connectivity index (χ1n) is 5.41. The van der Waals surface area contributed by atoms with Crippen molar-refractivity contribution in [1.82, 2.24) is 4.90 Å². The first kappa shape index (κ1) is 12.2. The third-order valence-electron chi connectivity index (χ3n) is 2.56. The maximum absolute atomic E-state index is 12.9. The second-order valence-corrected chi connectivity index (χ2v) is 3.97. The Hall–Kier alpha value is -2.30. The number of anilines is 1. The van der Waals surface area contributed by atoms with Gasteiger partial charge in [-0.3, -0.25) is 4.79 Å². The van der Waals surface area contributed by atoms with Crippen LogP contribution in [0.3, 0.4) is 0 Å². The molecule has 0 spiro atoms. The van der Waals surface area contributed by atoms with Crippen LogP contribution in [0.25, 0.3) is 0 Å². The van der Waals surface area contributed by atoms with Crippen LogP contribution < -0.4 is 5.73 Å². The third-order valence-corrected chi connectivity index (χ3v) is 2.56. The molecule has 0 fully saturated rings. The zero-order chi connectivity index (χ0) is 13.1. The van der Waals surface area contributed by atoms with Gasteiger partial charge in [-0.25, -0.2) is 4.39 Å². The van der Waals surface area contributed by atoms with E-state index in [-0.39, 0.29) is 17.2 Å². The summed E-state index contributed by atoms with van der Waals surface area (Å²) < 4.78 is 18.1. The highest BCUT2D eigenvalue weighted by molar-refractivity contribution is 5.98. The van der Waals surface area contributed by atoms with Gasteiger partial charge in [0, 0.05) is 12.7 Å². The Morgan fingerprint density at radius 1 is 1.44 bits per heavy atom. The largest absolute Gasteiger partial charge is 0.467 e. The Bertz CT molecular complexity index is 552. The summed E-state index contributed by atoms with van der Waals surface area (Å²) in [5.41, 5.74) is 6.04. The number of rotatable bonds is 3. The summed E-state index contributed by atoms with van der Waals surface area (Å²) in [6.45, 7) is 0.336. The van der Waals surface area contributed by atoms with Crippen LogP contribution >= 0.6 is 0 Å². The molecule has 94 valence electrons. The van der Waals surface area contributed by atoms with Crippen molar-refractivity contribution in [2.45, 2.75) is 6.54 Å². The molecule has 2 N–H and O–H groups in total. The van der Waals surface area contributed by atoms with Crippen LogP contribution in [-0.2, 0) is 6.54 Å². The summed E-state index contributed by atoms with van der Waals surface area (Å²) in [7, 11) is 1.63. The molecule has 1 heterocycles. The predicted octanol–water partition coefficient (Wildman–Crippen LogP) is 2.27. The number of nitrogens with zero attached hydrogens (tertiary/aromatic N) is 1. The molecule has 18 heavy (non-hydrogen) atoms. The SMILES string of the molecule is CN(Cc1ccco1)C(=O)c1ccc(F)cc1N. The number of halogens is 1. The number of amides is 1. The highest BCUT2D eigenvalue weighted by Crippen LogP contribution is 2.16. The number of hydrogen-bond acceptors (Lipinski definition) is 3. The number of carbonyl (C=O) groups is 1. The van der Waals surface area contributed by atoms with Crippen LogP contribution in [0.15, 0.2) is 41.0 Å². The number of carbonyl (C=O) groups excluding carboxylic acids is 1. The Labute approximate surface area is 104 Å². The van der Waals surface area contributed by atoms with Crippen molar-refractivity contribution in [3.63, 3.8) is 0 Å². The number of furan rings is 1. The van der Waals surface area contributed by atoms with E-state index in [1.165, 1.54) is 17.0 Å². The molecular weight excluding hydrogens is 235 g/mol. The molecule has 0 atom stereocenters. The lowest BCUT2D eigenvalue weighted by Gasteiger charge is -2.16. The van der Waals surface area contributed by atoms with Gasteiger partial charge >= 0.3 is 0 Å². The maximum Gasteiger partial charge on any atom is 0.256 e. The molecule has 0 unspecified atom stereocenters. The molecule has 2 rings (SSSR count). The van der Waals surface area contributed by atoms with Crippen molar-refractivity contribution in [1.29, 1.82) is 0 Å². The maximum atomic E-state index is 12.9. The monoisotopic (exact) mass is 248 g/mol. The van der Waals surface area contributed by atoms with E-state index in [0.29, 0.717) is 12.3 Å². The third kappa shape index (κ3) is 2.51. The van der Waals surface area contributed by atoms with E-state index < -0.39 is 5.82 Å². The van der Waals surface area contributed by atoms with Crippen LogP contribution in [0.2, 0.25) is 0 Å². The quantitative estimate of drug-likeness (QED) is 0.848. The van der Waals surface area contributed by atoms with Crippen LogP contribution in [0, 0.1) is 5.82 Å². The molecule has 0 saturated carbocycles. The fourth-order valence-corrected chi connectivity index (χ4v) is 1.64. The van der Waals surface area contributed by atoms with E-state index in [9.17, 15) is 9.18 Å². The summed E-state index contributed by atoms with van der Waals surface area (Å²) >= 11 is 0. The van der Waals surface area contributed by atoms with Gasteiger partial charge in [0.1, 0.15) is 11.6 Å². The molecule has 0 aliphatic rings. The molecule has 0 bridgehead atoms. The fraction of sp³-hybridized carbons (Fsp3) is 0.154. The van der Waals surface area contributed by atoms with Crippen molar-refractivity contribution in [3.8, 4) is 0 Å². The molecule has 4 nitrogen and oxygen atoms in total. The smallest absolute Gasteiger partial charge is 0.256 e. The molecule has 1 aromatic carbocycles. The summed E-state index contributed by atoms with van der Waals surface area (Å²) in [5.74, 6) is -0.0619. The Kier molecular flexibility index (Phi) is 3.32. The molecule has 5 heteroatoms. The Morgan fingerprint density at radius 3 is 2.83 bits per heavy atom. The molecule has 0 radical (unpaired) electrons. The van der Waals surface area contributed by atoms with Gasteiger partial charge in [0.15, 0.2) is 0 Å².